The Morgan fingerprint density at radius 2 is 1.62 bits per heavy atom. The molecule has 1 N–H and O–H groups in total. The summed E-state index contributed by atoms with van der Waals surface area (Å²) in [6, 6.07) is 0. The number of ether oxygens (including phenoxy) is 2. The molecule has 8 nitrogen and oxygen atoms in total. The Balaban J connectivity index is 5.19. The van der Waals surface area contributed by atoms with E-state index in [-0.39, 0.29) is 48.2 Å². The first kappa shape index (κ1) is 28.3. The molecule has 0 fully saturated rings. The molecule has 0 spiro atoms. The van der Waals surface area contributed by atoms with Crippen molar-refractivity contribution in [1.29, 1.82) is 0 Å². The first-order valence-electron chi connectivity index (χ1n) is 8.24. The number of hydrogen-bond donors (Lipinski definition) is 4. The summed E-state index contributed by atoms with van der Waals surface area (Å²) in [6.07, 6.45) is -4.13. The van der Waals surface area contributed by atoms with Gasteiger partial charge in [0.25, 0.3) is 0 Å². The van der Waals surface area contributed by atoms with Gasteiger partial charge in [-0.25, -0.2) is 0 Å². The highest BCUT2D eigenvalue weighted by Crippen LogP contribution is 2.22. The fourth-order valence-corrected chi connectivity index (χ4v) is 1.85. The third kappa shape index (κ3) is 14.9. The molecule has 29 heavy (non-hydrogen) atoms. The Morgan fingerprint density at radius 3 is 2.17 bits per heavy atom. The third-order valence-electron chi connectivity index (χ3n) is 2.96. The lowest BCUT2D eigenvalue weighted by Crippen LogP contribution is -2.45. The van der Waals surface area contributed by atoms with Crippen LogP contribution in [0.5, 0.6) is 0 Å². The van der Waals surface area contributed by atoms with Gasteiger partial charge < -0.3 is 24.4 Å². The highest BCUT2D eigenvalue weighted by Gasteiger charge is 2.38. The van der Waals surface area contributed by atoms with Crippen molar-refractivity contribution in [3.05, 3.63) is 24.7 Å². The zero-order valence-corrected chi connectivity index (χ0v) is 18.4. The van der Waals surface area contributed by atoms with Gasteiger partial charge in [0.1, 0.15) is 24.7 Å². The molecule has 1 atom stereocenters. The maximum absolute atomic E-state index is 12.7. The van der Waals surface area contributed by atoms with E-state index in [9.17, 15) is 13.6 Å². The largest absolute Gasteiger partial charge is 0.462 e. The van der Waals surface area contributed by atoms with Gasteiger partial charge in [0, 0.05) is 12.2 Å². The first-order valence-corrected chi connectivity index (χ1v) is 10.1. The molecule has 0 aliphatic carbocycles. The molecular formula is C16H26F2O8S3. The van der Waals surface area contributed by atoms with Crippen LogP contribution in [0.25, 0.3) is 0 Å². The second kappa shape index (κ2) is 15.2. The van der Waals surface area contributed by atoms with E-state index in [0.717, 1.165) is 0 Å². The fraction of sp³-hybridized carbons (Fsp3) is 0.688. The topological polar surface area (TPSA) is 92.7 Å². The molecule has 0 radical (unpaired) electrons. The van der Waals surface area contributed by atoms with Gasteiger partial charge in [-0.1, -0.05) is 13.2 Å². The summed E-state index contributed by atoms with van der Waals surface area (Å²) >= 11 is 11.8. The van der Waals surface area contributed by atoms with Gasteiger partial charge in [-0.15, -0.1) is 0 Å². The summed E-state index contributed by atoms with van der Waals surface area (Å²) in [5, 5.41) is 8.55. The number of carbonyl (C=O) groups excluding carboxylic acids is 1. The van der Waals surface area contributed by atoms with E-state index in [0.29, 0.717) is 0 Å². The molecule has 1 unspecified atom stereocenters. The Labute approximate surface area is 184 Å². The van der Waals surface area contributed by atoms with Crippen molar-refractivity contribution in [2.45, 2.75) is 24.6 Å². The first-order chi connectivity index (χ1) is 13.6. The number of halogens is 2. The molecule has 0 aromatic rings. The molecule has 0 rings (SSSR count). The zero-order valence-electron chi connectivity index (χ0n) is 15.7. The van der Waals surface area contributed by atoms with Crippen LogP contribution >= 0.6 is 37.9 Å². The number of carbonyl (C=O) groups is 1. The van der Waals surface area contributed by atoms with Crippen LogP contribution in [-0.2, 0) is 33.8 Å². The summed E-state index contributed by atoms with van der Waals surface area (Å²) in [5.74, 6) is 0.294. The normalized spacial score (nSPS) is 13.4. The van der Waals surface area contributed by atoms with Gasteiger partial charge in [0.2, 0.25) is 0 Å². The van der Waals surface area contributed by atoms with Crippen LogP contribution in [0.1, 0.15) is 12.8 Å². The van der Waals surface area contributed by atoms with E-state index >= 15 is 0 Å². The number of alkyl halides is 2. The van der Waals surface area contributed by atoms with E-state index in [1.165, 1.54) is 0 Å². The lowest BCUT2D eigenvalue weighted by Gasteiger charge is -2.31. The maximum atomic E-state index is 12.7. The predicted molar refractivity (Wildman–Crippen MR) is 110 cm³/mol. The van der Waals surface area contributed by atoms with E-state index in [1.54, 1.807) is 0 Å². The molecule has 0 bridgehead atoms. The van der Waals surface area contributed by atoms with Crippen molar-refractivity contribution in [2.75, 3.05) is 43.7 Å². The minimum atomic E-state index is -4.06. The molecule has 170 valence electrons. The second-order valence-corrected chi connectivity index (χ2v) is 6.77. The van der Waals surface area contributed by atoms with Gasteiger partial charge in [0.05, 0.1) is 31.1 Å². The molecular weight excluding hydrogens is 454 g/mol. The third-order valence-corrected chi connectivity index (χ3v) is 3.89. The van der Waals surface area contributed by atoms with E-state index in [2.05, 4.69) is 51.0 Å². The average molecular weight is 481 g/mol. The van der Waals surface area contributed by atoms with E-state index in [1.807, 2.05) is 0 Å². The van der Waals surface area contributed by atoms with Crippen LogP contribution in [0.2, 0.25) is 0 Å². The van der Waals surface area contributed by atoms with Crippen molar-refractivity contribution in [3.63, 3.8) is 0 Å². The zero-order chi connectivity index (χ0) is 22.3. The maximum Gasteiger partial charge on any atom is 0.376 e. The van der Waals surface area contributed by atoms with Gasteiger partial charge in [-0.05, 0) is 0 Å². The van der Waals surface area contributed by atoms with Crippen molar-refractivity contribution in [2.24, 2.45) is 0 Å². The molecule has 0 saturated heterocycles. The van der Waals surface area contributed by atoms with E-state index < -0.39 is 37.5 Å². The van der Waals surface area contributed by atoms with Gasteiger partial charge in [-0.3, -0.25) is 4.79 Å². The summed E-state index contributed by atoms with van der Waals surface area (Å²) in [6.45, 7) is 4.61. The van der Waals surface area contributed by atoms with Crippen LogP contribution in [-0.4, -0.2) is 66.5 Å². The molecule has 0 heterocycles. The van der Waals surface area contributed by atoms with Crippen molar-refractivity contribution < 1.29 is 47.7 Å². The highest BCUT2D eigenvalue weighted by molar-refractivity contribution is 7.80. The molecule has 0 aliphatic heterocycles. The second-order valence-electron chi connectivity index (χ2n) is 5.69. The Kier molecular flexibility index (Phi) is 14.8. The summed E-state index contributed by atoms with van der Waals surface area (Å²) in [5.41, 5.74) is -1.59. The SMILES string of the molecule is C=C(CS)OOCCC(COCC(O)(F)F)(COC(=O)CCS)OOC(=C)CS. The number of esters is 1. The fourth-order valence-electron chi connectivity index (χ4n) is 1.56. The molecule has 13 heteroatoms. The van der Waals surface area contributed by atoms with Gasteiger partial charge >= 0.3 is 12.1 Å². The number of hydrogen-bond acceptors (Lipinski definition) is 11. The van der Waals surface area contributed by atoms with Crippen molar-refractivity contribution in [3.8, 4) is 0 Å². The predicted octanol–water partition coefficient (Wildman–Crippen LogP) is 2.36. The minimum absolute atomic E-state index is 0.0142. The smallest absolute Gasteiger partial charge is 0.376 e. The molecule has 0 saturated carbocycles. The summed E-state index contributed by atoms with van der Waals surface area (Å²) < 4.78 is 35.3. The van der Waals surface area contributed by atoms with Crippen LogP contribution in [0.15, 0.2) is 24.7 Å². The molecule has 0 amide bonds. The molecule has 0 aromatic carbocycles. The summed E-state index contributed by atoms with van der Waals surface area (Å²) in [7, 11) is 0. The lowest BCUT2D eigenvalue weighted by molar-refractivity contribution is -0.364. The number of thiol groups is 3. The van der Waals surface area contributed by atoms with Crippen molar-refractivity contribution >= 4 is 43.9 Å². The Morgan fingerprint density at radius 1 is 1.00 bits per heavy atom. The molecule has 0 aromatic heterocycles. The van der Waals surface area contributed by atoms with Crippen LogP contribution in [0.4, 0.5) is 8.78 Å². The monoisotopic (exact) mass is 480 g/mol. The highest BCUT2D eigenvalue weighted by atomic mass is 32.1. The number of rotatable bonds is 18. The van der Waals surface area contributed by atoms with E-state index in [4.69, 9.17) is 34.1 Å². The standard InChI is InChI=1S/C16H26F2O8S3/c1-12(7-28)24-23-5-4-15(26-25-13(2)8-29,9-21-11-16(17,18)20)10-22-14(19)3-6-27/h20,27-29H,1-11H2. The van der Waals surface area contributed by atoms with Crippen LogP contribution in [0, 0.1) is 0 Å². The number of aliphatic hydroxyl groups is 1. The lowest BCUT2D eigenvalue weighted by atomic mass is 10.0. The Bertz CT molecular complexity index is 519. The quantitative estimate of drug-likeness (QED) is 0.0594. The van der Waals surface area contributed by atoms with Crippen molar-refractivity contribution in [1.82, 2.24) is 0 Å². The minimum Gasteiger partial charge on any atom is -0.462 e. The van der Waals surface area contributed by atoms with Crippen LogP contribution in [0.3, 0.4) is 0 Å². The molecule has 0 aliphatic rings. The van der Waals surface area contributed by atoms with Gasteiger partial charge in [0.15, 0.2) is 5.60 Å². The van der Waals surface area contributed by atoms with Crippen LogP contribution < -0.4 is 0 Å². The average Bonchev–Trinajstić information content (AvgIpc) is 2.66. The Hall–Kier alpha value is -0.700. The van der Waals surface area contributed by atoms with Gasteiger partial charge in [-0.2, -0.15) is 56.4 Å². The summed E-state index contributed by atoms with van der Waals surface area (Å²) in [4.78, 5) is 31.8.